The molecule has 0 saturated heterocycles. The van der Waals surface area contributed by atoms with Crippen LogP contribution in [0.2, 0.25) is 0 Å². The Morgan fingerprint density at radius 1 is 0.938 bits per heavy atom. The molecule has 3 aromatic carbocycles. The molecule has 0 fully saturated rings. The van der Waals surface area contributed by atoms with Gasteiger partial charge in [-0.1, -0.05) is 42.0 Å². The molecule has 0 radical (unpaired) electrons. The molecule has 0 aliphatic carbocycles. The van der Waals surface area contributed by atoms with Crippen LogP contribution in [-0.4, -0.2) is 41.1 Å². The Balaban J connectivity index is 1.66. The van der Waals surface area contributed by atoms with Gasteiger partial charge in [-0.15, -0.1) is 0 Å². The first-order valence-corrected chi connectivity index (χ1v) is 11.5. The number of methoxy groups -OCH3 is 1. The smallest absolute Gasteiger partial charge is 0.264 e. The average molecular weight is 455 g/mol. The van der Waals surface area contributed by atoms with Gasteiger partial charge in [-0.25, -0.2) is 8.42 Å². The number of sulfonamides is 1. The van der Waals surface area contributed by atoms with Crippen molar-refractivity contribution in [1.29, 1.82) is 0 Å². The van der Waals surface area contributed by atoms with Crippen molar-refractivity contribution in [2.24, 2.45) is 0 Å². The lowest BCUT2D eigenvalue weighted by molar-refractivity contribution is -0.119. The van der Waals surface area contributed by atoms with E-state index in [1.54, 1.807) is 55.6 Å². The van der Waals surface area contributed by atoms with E-state index in [0.29, 0.717) is 17.2 Å². The van der Waals surface area contributed by atoms with Gasteiger partial charge in [0.2, 0.25) is 5.91 Å². The van der Waals surface area contributed by atoms with Crippen molar-refractivity contribution in [1.82, 2.24) is 5.32 Å². The number of rotatable bonds is 10. The van der Waals surface area contributed by atoms with Crippen molar-refractivity contribution in [2.75, 3.05) is 31.1 Å². The second kappa shape index (κ2) is 10.7. The monoisotopic (exact) mass is 454 g/mol. The summed E-state index contributed by atoms with van der Waals surface area (Å²) in [6, 6.07) is 22.2. The molecule has 0 saturated carbocycles. The largest absolute Gasteiger partial charge is 0.497 e. The SMILES string of the molecule is COc1cccc(OCCNC(=O)CN(c2ccc(C)cc2)S(=O)(=O)c2ccccc2)c1. The van der Waals surface area contributed by atoms with E-state index >= 15 is 0 Å². The van der Waals surface area contributed by atoms with Gasteiger partial charge in [-0.05, 0) is 43.3 Å². The summed E-state index contributed by atoms with van der Waals surface area (Å²) in [6.45, 7) is 2.02. The Labute approximate surface area is 188 Å². The van der Waals surface area contributed by atoms with Gasteiger partial charge in [0, 0.05) is 6.07 Å². The fourth-order valence-electron chi connectivity index (χ4n) is 2.98. The van der Waals surface area contributed by atoms with E-state index in [-0.39, 0.29) is 24.6 Å². The van der Waals surface area contributed by atoms with Crippen molar-refractivity contribution in [2.45, 2.75) is 11.8 Å². The standard InChI is InChI=1S/C24H26N2O5S/c1-19-11-13-20(14-12-19)26(32(28,29)23-9-4-3-5-10-23)18-24(27)25-15-16-31-22-8-6-7-21(17-22)30-2/h3-14,17H,15-16,18H2,1-2H3,(H,25,27). The summed E-state index contributed by atoms with van der Waals surface area (Å²) in [5, 5.41) is 2.72. The normalized spacial score (nSPS) is 10.9. The van der Waals surface area contributed by atoms with Crippen LogP contribution in [0.15, 0.2) is 83.8 Å². The first-order valence-electron chi connectivity index (χ1n) is 10.1. The van der Waals surface area contributed by atoms with Crippen LogP contribution in [-0.2, 0) is 14.8 Å². The molecule has 0 atom stereocenters. The summed E-state index contributed by atoms with van der Waals surface area (Å²) in [4.78, 5) is 12.7. The molecule has 3 aromatic rings. The minimum atomic E-state index is -3.92. The van der Waals surface area contributed by atoms with Crippen LogP contribution in [0.5, 0.6) is 11.5 Å². The van der Waals surface area contributed by atoms with Gasteiger partial charge >= 0.3 is 0 Å². The second-order valence-corrected chi connectivity index (χ2v) is 8.90. The Morgan fingerprint density at radius 2 is 1.62 bits per heavy atom. The molecule has 0 aliphatic heterocycles. The number of amides is 1. The van der Waals surface area contributed by atoms with E-state index in [4.69, 9.17) is 9.47 Å². The Kier molecular flexibility index (Phi) is 7.72. The van der Waals surface area contributed by atoms with Crippen LogP contribution >= 0.6 is 0 Å². The molecule has 0 bridgehead atoms. The van der Waals surface area contributed by atoms with Gasteiger partial charge in [0.05, 0.1) is 24.2 Å². The molecule has 0 unspecified atom stereocenters. The fraction of sp³-hybridized carbons (Fsp3) is 0.208. The molecule has 0 aliphatic rings. The van der Waals surface area contributed by atoms with E-state index < -0.39 is 15.9 Å². The third-order valence-electron chi connectivity index (χ3n) is 4.67. The number of benzene rings is 3. The lowest BCUT2D eigenvalue weighted by atomic mass is 10.2. The lowest BCUT2D eigenvalue weighted by Crippen LogP contribution is -2.41. The number of carbonyl (C=O) groups is 1. The Hall–Kier alpha value is -3.52. The molecule has 3 rings (SSSR count). The quantitative estimate of drug-likeness (QED) is 0.475. The van der Waals surface area contributed by atoms with Crippen molar-refractivity contribution in [3.05, 3.63) is 84.4 Å². The van der Waals surface area contributed by atoms with E-state index in [2.05, 4.69) is 5.32 Å². The minimum absolute atomic E-state index is 0.120. The minimum Gasteiger partial charge on any atom is -0.497 e. The number of hydrogen-bond donors (Lipinski definition) is 1. The fourth-order valence-corrected chi connectivity index (χ4v) is 4.42. The van der Waals surface area contributed by atoms with Crippen LogP contribution in [0.3, 0.4) is 0 Å². The summed E-state index contributed by atoms with van der Waals surface area (Å²) in [5.74, 6) is 0.859. The lowest BCUT2D eigenvalue weighted by Gasteiger charge is -2.24. The van der Waals surface area contributed by atoms with Crippen molar-refractivity contribution in [3.63, 3.8) is 0 Å². The number of nitrogens with one attached hydrogen (secondary N) is 1. The van der Waals surface area contributed by atoms with Gasteiger partial charge in [-0.2, -0.15) is 0 Å². The number of aryl methyl sites for hydroxylation is 1. The first kappa shape index (κ1) is 23.1. The number of nitrogens with zero attached hydrogens (tertiary/aromatic N) is 1. The van der Waals surface area contributed by atoms with Gasteiger partial charge in [-0.3, -0.25) is 9.10 Å². The molecule has 8 heteroatoms. The summed E-state index contributed by atoms with van der Waals surface area (Å²) in [7, 11) is -2.34. The van der Waals surface area contributed by atoms with Gasteiger partial charge < -0.3 is 14.8 Å². The predicted octanol–water partition coefficient (Wildman–Crippen LogP) is 3.39. The number of carbonyl (C=O) groups excluding carboxylic acids is 1. The molecule has 32 heavy (non-hydrogen) atoms. The van der Waals surface area contributed by atoms with Crippen LogP contribution in [0.25, 0.3) is 0 Å². The van der Waals surface area contributed by atoms with Gasteiger partial charge in [0.25, 0.3) is 10.0 Å². The van der Waals surface area contributed by atoms with Crippen molar-refractivity contribution in [3.8, 4) is 11.5 Å². The molecule has 7 nitrogen and oxygen atoms in total. The molecular weight excluding hydrogens is 428 g/mol. The summed E-state index contributed by atoms with van der Waals surface area (Å²) < 4.78 is 38.3. The molecule has 0 spiro atoms. The maximum absolute atomic E-state index is 13.2. The van der Waals surface area contributed by atoms with E-state index in [1.165, 1.54) is 12.1 Å². The zero-order valence-corrected chi connectivity index (χ0v) is 18.8. The zero-order valence-electron chi connectivity index (χ0n) is 18.0. The molecule has 0 heterocycles. The topological polar surface area (TPSA) is 84.9 Å². The Morgan fingerprint density at radius 3 is 2.31 bits per heavy atom. The maximum atomic E-state index is 13.2. The van der Waals surface area contributed by atoms with E-state index in [9.17, 15) is 13.2 Å². The maximum Gasteiger partial charge on any atom is 0.264 e. The highest BCUT2D eigenvalue weighted by atomic mass is 32.2. The van der Waals surface area contributed by atoms with Crippen molar-refractivity contribution < 1.29 is 22.7 Å². The predicted molar refractivity (Wildman–Crippen MR) is 124 cm³/mol. The van der Waals surface area contributed by atoms with Gasteiger partial charge in [0.15, 0.2) is 0 Å². The van der Waals surface area contributed by atoms with Crippen molar-refractivity contribution >= 4 is 21.6 Å². The Bertz CT molecular complexity index is 1130. The van der Waals surface area contributed by atoms with Gasteiger partial charge in [0.1, 0.15) is 24.7 Å². The average Bonchev–Trinajstić information content (AvgIpc) is 2.81. The highest BCUT2D eigenvalue weighted by Gasteiger charge is 2.26. The number of anilines is 1. The number of hydrogen-bond acceptors (Lipinski definition) is 5. The summed E-state index contributed by atoms with van der Waals surface area (Å²) in [5.41, 5.74) is 1.41. The number of ether oxygens (including phenoxy) is 2. The third kappa shape index (κ3) is 6.01. The van der Waals surface area contributed by atoms with Crippen LogP contribution in [0.1, 0.15) is 5.56 Å². The molecule has 0 aromatic heterocycles. The third-order valence-corrected chi connectivity index (χ3v) is 6.46. The van der Waals surface area contributed by atoms with E-state index in [0.717, 1.165) is 9.87 Å². The first-order chi connectivity index (χ1) is 15.4. The van der Waals surface area contributed by atoms with Crippen LogP contribution < -0.4 is 19.1 Å². The molecule has 1 amide bonds. The summed E-state index contributed by atoms with van der Waals surface area (Å²) in [6.07, 6.45) is 0. The molecule has 168 valence electrons. The highest BCUT2D eigenvalue weighted by molar-refractivity contribution is 7.92. The molecular formula is C24H26N2O5S. The van der Waals surface area contributed by atoms with Crippen LogP contribution in [0, 0.1) is 6.92 Å². The highest BCUT2D eigenvalue weighted by Crippen LogP contribution is 2.24. The second-order valence-electron chi connectivity index (χ2n) is 7.04. The molecule has 1 N–H and O–H groups in total. The van der Waals surface area contributed by atoms with E-state index in [1.807, 2.05) is 25.1 Å². The van der Waals surface area contributed by atoms with Crippen LogP contribution in [0.4, 0.5) is 5.69 Å². The zero-order chi connectivity index (χ0) is 23.0. The summed E-state index contributed by atoms with van der Waals surface area (Å²) >= 11 is 0.